The molecule has 112 valence electrons. The van der Waals surface area contributed by atoms with Crippen molar-refractivity contribution in [2.45, 2.75) is 32.2 Å². The fourth-order valence-electron chi connectivity index (χ4n) is 1.07. The maximum Gasteiger partial charge on any atom is 0.333 e. The molecule has 1 atom stereocenters. The van der Waals surface area contributed by atoms with Crippen molar-refractivity contribution in [1.82, 2.24) is 0 Å². The van der Waals surface area contributed by atoms with Gasteiger partial charge in [0, 0.05) is 18.4 Å². The topological polar surface area (TPSA) is 80.9 Å². The molecule has 0 aliphatic heterocycles. The maximum atomic E-state index is 11.0. The van der Waals surface area contributed by atoms with Gasteiger partial charge in [-0.2, -0.15) is 5.26 Å². The molecule has 1 unspecified atom stereocenters. The number of carbonyl (C=O) groups is 1. The molecule has 0 aliphatic carbocycles. The van der Waals surface area contributed by atoms with Crippen LogP contribution < -0.4 is 0 Å². The van der Waals surface area contributed by atoms with Crippen LogP contribution in [0.1, 0.15) is 26.7 Å². The van der Waals surface area contributed by atoms with E-state index in [1.165, 1.54) is 0 Å². The van der Waals surface area contributed by atoms with E-state index in [1.807, 2.05) is 0 Å². The lowest BCUT2D eigenvalue weighted by atomic mass is 10.0. The molecular weight excluding hydrogens is 260 g/mol. The Labute approximate surface area is 120 Å². The summed E-state index contributed by atoms with van der Waals surface area (Å²) in [6, 6.07) is 2.06. The van der Waals surface area contributed by atoms with Crippen LogP contribution in [0.25, 0.3) is 0 Å². The lowest BCUT2D eigenvalue weighted by Crippen LogP contribution is -2.21. The second-order valence-electron chi connectivity index (χ2n) is 4.50. The number of rotatable bonds is 11. The minimum absolute atomic E-state index is 0.132. The monoisotopic (exact) mass is 282 g/mol. The van der Waals surface area contributed by atoms with Gasteiger partial charge in [-0.15, -0.1) is 0 Å². The van der Waals surface area contributed by atoms with E-state index < -0.39 is 11.5 Å². The molecule has 0 heterocycles. The first kappa shape index (κ1) is 18.3. The summed E-state index contributed by atoms with van der Waals surface area (Å²) in [7, 11) is 0. The van der Waals surface area contributed by atoms with E-state index in [-0.39, 0.29) is 6.79 Å². The van der Waals surface area contributed by atoms with Gasteiger partial charge in [0.25, 0.3) is 0 Å². The molecule has 0 aromatic rings. The molecule has 0 rings (SSSR count). The molecule has 0 amide bonds. The van der Waals surface area contributed by atoms with Crippen molar-refractivity contribution in [2.24, 2.45) is 4.99 Å². The maximum absolute atomic E-state index is 11.0. The van der Waals surface area contributed by atoms with Crippen molar-refractivity contribution in [3.63, 3.8) is 0 Å². The van der Waals surface area contributed by atoms with Crippen LogP contribution in [0.2, 0.25) is 0 Å². The van der Waals surface area contributed by atoms with Gasteiger partial charge in [-0.05, 0) is 20.6 Å². The summed E-state index contributed by atoms with van der Waals surface area (Å²) in [5.41, 5.74) is -0.429. The van der Waals surface area contributed by atoms with Gasteiger partial charge in [0.1, 0.15) is 12.3 Å². The smallest absolute Gasteiger partial charge is 0.333 e. The molecule has 6 nitrogen and oxygen atoms in total. The van der Waals surface area contributed by atoms with Gasteiger partial charge in [0.2, 0.25) is 0 Å². The average molecular weight is 282 g/mol. The molecule has 0 aliphatic rings. The number of hydrogen-bond donors (Lipinski definition) is 0. The first-order valence-electron chi connectivity index (χ1n) is 6.32. The molecule has 0 saturated heterocycles. The van der Waals surface area contributed by atoms with Crippen molar-refractivity contribution < 1.29 is 19.0 Å². The number of nitrogens with zero attached hydrogens (tertiary/aromatic N) is 2. The molecule has 0 aromatic heterocycles. The largest absolute Gasteiger partial charge is 0.462 e. The second-order valence-corrected chi connectivity index (χ2v) is 4.50. The molecule has 0 N–H and O–H groups in total. The molecule has 0 radical (unpaired) electrons. The predicted molar refractivity (Wildman–Crippen MR) is 75.3 cm³/mol. The molecule has 6 heteroatoms. The Kier molecular flexibility index (Phi) is 9.26. The van der Waals surface area contributed by atoms with E-state index in [0.717, 1.165) is 0 Å². The van der Waals surface area contributed by atoms with Crippen molar-refractivity contribution in [1.29, 1.82) is 5.26 Å². The van der Waals surface area contributed by atoms with Gasteiger partial charge < -0.3 is 14.2 Å². The summed E-state index contributed by atoms with van der Waals surface area (Å²) >= 11 is 0. The zero-order chi connectivity index (χ0) is 15.4. The number of hydrogen-bond acceptors (Lipinski definition) is 6. The van der Waals surface area contributed by atoms with E-state index >= 15 is 0 Å². The molecule has 0 saturated carbocycles. The highest BCUT2D eigenvalue weighted by atomic mass is 16.7. The summed E-state index contributed by atoms with van der Waals surface area (Å²) < 4.78 is 15.3. The van der Waals surface area contributed by atoms with Crippen LogP contribution in [0.15, 0.2) is 17.1 Å². The van der Waals surface area contributed by atoms with Crippen LogP contribution in [-0.2, 0) is 19.0 Å². The van der Waals surface area contributed by atoms with Gasteiger partial charge >= 0.3 is 5.97 Å². The number of esters is 1. The van der Waals surface area contributed by atoms with E-state index in [1.54, 1.807) is 13.8 Å². The number of ether oxygens (including phenoxy) is 3. The van der Waals surface area contributed by atoms with E-state index in [2.05, 4.69) is 24.4 Å². The van der Waals surface area contributed by atoms with Gasteiger partial charge in [-0.1, -0.05) is 6.58 Å². The van der Waals surface area contributed by atoms with E-state index in [0.29, 0.717) is 38.2 Å². The third-order valence-corrected chi connectivity index (χ3v) is 2.50. The highest BCUT2D eigenvalue weighted by molar-refractivity contribution is 5.86. The van der Waals surface area contributed by atoms with Crippen molar-refractivity contribution in [2.75, 3.05) is 26.6 Å². The second kappa shape index (κ2) is 10.1. The van der Waals surface area contributed by atoms with Crippen molar-refractivity contribution in [3.05, 3.63) is 12.2 Å². The third kappa shape index (κ3) is 8.40. The Morgan fingerprint density at radius 3 is 2.55 bits per heavy atom. The van der Waals surface area contributed by atoms with Crippen molar-refractivity contribution in [3.8, 4) is 6.07 Å². The first-order chi connectivity index (χ1) is 9.45. The summed E-state index contributed by atoms with van der Waals surface area (Å²) in [5.74, 6) is -0.394. The van der Waals surface area contributed by atoms with Gasteiger partial charge in [0.15, 0.2) is 0 Å². The lowest BCUT2D eigenvalue weighted by Gasteiger charge is -2.15. The van der Waals surface area contributed by atoms with Crippen LogP contribution in [0.3, 0.4) is 0 Å². The van der Waals surface area contributed by atoms with Crippen LogP contribution in [-0.4, -0.2) is 44.8 Å². The highest BCUT2D eigenvalue weighted by Crippen LogP contribution is 2.12. The Morgan fingerprint density at radius 1 is 1.35 bits per heavy atom. The molecule has 0 fully saturated rings. The predicted octanol–water partition coefficient (Wildman–Crippen LogP) is 1.86. The van der Waals surface area contributed by atoms with Gasteiger partial charge in [0.05, 0.1) is 25.9 Å². The Balaban J connectivity index is 3.42. The summed E-state index contributed by atoms with van der Waals surface area (Å²) in [6.45, 7) is 11.4. The number of aliphatic imine (C=N–C) groups is 1. The Bertz CT molecular complexity index is 376. The average Bonchev–Trinajstić information content (AvgIpc) is 2.44. The highest BCUT2D eigenvalue weighted by Gasteiger charge is 2.20. The third-order valence-electron chi connectivity index (χ3n) is 2.50. The minimum atomic E-state index is -0.809. The number of carbonyl (C=O) groups excluding carboxylic acids is 1. The van der Waals surface area contributed by atoms with Crippen LogP contribution in [0.5, 0.6) is 0 Å². The molecule has 0 spiro atoms. The fourth-order valence-corrected chi connectivity index (χ4v) is 1.07. The van der Waals surface area contributed by atoms with E-state index in [9.17, 15) is 4.79 Å². The Morgan fingerprint density at radius 2 is 2.00 bits per heavy atom. The quantitative estimate of drug-likeness (QED) is 0.190. The van der Waals surface area contributed by atoms with Gasteiger partial charge in [-0.3, -0.25) is 4.99 Å². The summed E-state index contributed by atoms with van der Waals surface area (Å²) in [5, 5.41) is 8.85. The molecular formula is C14H22N2O4. The zero-order valence-corrected chi connectivity index (χ0v) is 12.2. The molecule has 0 aromatic carbocycles. The van der Waals surface area contributed by atoms with Gasteiger partial charge in [-0.25, -0.2) is 4.79 Å². The van der Waals surface area contributed by atoms with Crippen LogP contribution in [0, 0.1) is 11.3 Å². The first-order valence-corrected chi connectivity index (χ1v) is 6.32. The standard InChI is InChI=1S/C14H22N2O4/c1-12(2)13(17)20-8-5-7-18-11-19-9-6-14(3,10-15)16-4/h1,4-9,11H2,2-3H3. The molecule has 0 bridgehead atoms. The minimum Gasteiger partial charge on any atom is -0.462 e. The summed E-state index contributed by atoms with van der Waals surface area (Å²) in [4.78, 5) is 14.8. The number of nitriles is 1. The zero-order valence-electron chi connectivity index (χ0n) is 12.2. The summed E-state index contributed by atoms with van der Waals surface area (Å²) in [6.07, 6.45) is 1.05. The van der Waals surface area contributed by atoms with E-state index in [4.69, 9.17) is 19.5 Å². The normalized spacial score (nSPS) is 13.1. The molecule has 20 heavy (non-hydrogen) atoms. The van der Waals surface area contributed by atoms with Crippen LogP contribution in [0.4, 0.5) is 0 Å². The fraction of sp³-hybridized carbons (Fsp3) is 0.643. The van der Waals surface area contributed by atoms with Crippen molar-refractivity contribution >= 4 is 12.7 Å². The lowest BCUT2D eigenvalue weighted by molar-refractivity contribution is -0.139. The van der Waals surface area contributed by atoms with Crippen LogP contribution >= 0.6 is 0 Å². The Hall–Kier alpha value is -1.71. The SMILES string of the molecule is C=NC(C)(C#N)CCOCOCCCOC(=O)C(=C)C.